The molecule has 18 heavy (non-hydrogen) atoms. The molecule has 0 aromatic carbocycles. The molecular weight excluding hydrogens is 245 g/mol. The van der Waals surface area contributed by atoms with Crippen LogP contribution < -0.4 is 10.6 Å². The average molecular weight is 264 g/mol. The summed E-state index contributed by atoms with van der Waals surface area (Å²) in [5.74, 6) is 0.166. The number of nitrogens with one attached hydrogen (secondary N) is 2. The van der Waals surface area contributed by atoms with Crippen LogP contribution in [0.2, 0.25) is 0 Å². The fourth-order valence-corrected chi connectivity index (χ4v) is 2.39. The molecule has 1 aliphatic heterocycles. The van der Waals surface area contributed by atoms with Gasteiger partial charge in [-0.1, -0.05) is 0 Å². The van der Waals surface area contributed by atoms with Crippen molar-refractivity contribution < 1.29 is 18.0 Å². The maximum atomic E-state index is 13.1. The minimum Gasteiger partial charge on any atom is -0.355 e. The number of hydrogen-bond donors (Lipinski definition) is 2. The molecular formula is C12H19F3N2O. The number of amides is 1. The van der Waals surface area contributed by atoms with Gasteiger partial charge in [0.25, 0.3) is 0 Å². The number of carbonyl (C=O) groups excluding carboxylic acids is 1. The van der Waals surface area contributed by atoms with E-state index in [-0.39, 0.29) is 25.3 Å². The second-order valence-electron chi connectivity index (χ2n) is 5.45. The first kappa shape index (κ1) is 13.6. The Labute approximate surface area is 104 Å². The Morgan fingerprint density at radius 1 is 1.28 bits per heavy atom. The van der Waals surface area contributed by atoms with Crippen molar-refractivity contribution in [3.05, 3.63) is 0 Å². The van der Waals surface area contributed by atoms with E-state index in [4.69, 9.17) is 0 Å². The second kappa shape index (κ2) is 5.07. The topological polar surface area (TPSA) is 41.1 Å². The van der Waals surface area contributed by atoms with Crippen LogP contribution in [0.15, 0.2) is 0 Å². The predicted molar refractivity (Wildman–Crippen MR) is 60.9 cm³/mol. The Bertz CT molecular complexity index is 307. The molecule has 0 atom stereocenters. The molecule has 1 aliphatic carbocycles. The Balaban J connectivity index is 1.90. The van der Waals surface area contributed by atoms with Gasteiger partial charge in [0.15, 0.2) is 0 Å². The van der Waals surface area contributed by atoms with Gasteiger partial charge in [0.2, 0.25) is 5.91 Å². The van der Waals surface area contributed by atoms with Gasteiger partial charge in [0.1, 0.15) is 0 Å². The lowest BCUT2D eigenvalue weighted by Gasteiger charge is -2.39. The summed E-state index contributed by atoms with van der Waals surface area (Å²) >= 11 is 0. The number of piperidine rings is 1. The van der Waals surface area contributed by atoms with E-state index in [1.165, 1.54) is 0 Å². The highest BCUT2D eigenvalue weighted by Crippen LogP contribution is 2.44. The lowest BCUT2D eigenvalue weighted by molar-refractivity contribution is -0.230. The summed E-state index contributed by atoms with van der Waals surface area (Å²) in [4.78, 5) is 11.5. The van der Waals surface area contributed by atoms with E-state index in [1.54, 1.807) is 0 Å². The zero-order chi connectivity index (χ0) is 13.2. The predicted octanol–water partition coefficient (Wildman–Crippen LogP) is 1.83. The smallest absolute Gasteiger partial charge is 0.355 e. The van der Waals surface area contributed by atoms with E-state index in [0.29, 0.717) is 25.4 Å². The van der Waals surface area contributed by atoms with E-state index in [9.17, 15) is 18.0 Å². The van der Waals surface area contributed by atoms with Crippen molar-refractivity contribution in [2.45, 2.75) is 38.3 Å². The zero-order valence-electron chi connectivity index (χ0n) is 10.3. The van der Waals surface area contributed by atoms with Gasteiger partial charge in [-0.05, 0) is 44.7 Å². The van der Waals surface area contributed by atoms with Crippen LogP contribution in [-0.4, -0.2) is 31.7 Å². The first-order chi connectivity index (χ1) is 8.43. The number of hydrogen-bond acceptors (Lipinski definition) is 2. The molecule has 0 aromatic rings. The van der Waals surface area contributed by atoms with E-state index < -0.39 is 11.6 Å². The van der Waals surface area contributed by atoms with Gasteiger partial charge in [-0.25, -0.2) is 0 Å². The molecule has 3 nitrogen and oxygen atoms in total. The van der Waals surface area contributed by atoms with Gasteiger partial charge < -0.3 is 10.6 Å². The standard InChI is InChI=1S/C12H19F3N2O/c13-12(14,15)11(3-5-16-6-4-11)8-17-10(18)7-9-1-2-9/h9,16H,1-8H2,(H,17,18). The van der Waals surface area contributed by atoms with Crippen LogP contribution in [0.1, 0.15) is 32.1 Å². The summed E-state index contributed by atoms with van der Waals surface area (Å²) in [7, 11) is 0. The second-order valence-corrected chi connectivity index (χ2v) is 5.45. The Morgan fingerprint density at radius 2 is 1.89 bits per heavy atom. The van der Waals surface area contributed by atoms with E-state index in [2.05, 4.69) is 10.6 Å². The molecule has 2 fully saturated rings. The molecule has 0 bridgehead atoms. The summed E-state index contributed by atoms with van der Waals surface area (Å²) in [5, 5.41) is 5.41. The van der Waals surface area contributed by atoms with Crippen molar-refractivity contribution in [3.63, 3.8) is 0 Å². The van der Waals surface area contributed by atoms with Crippen LogP contribution >= 0.6 is 0 Å². The van der Waals surface area contributed by atoms with E-state index in [1.807, 2.05) is 0 Å². The minimum absolute atomic E-state index is 0.0419. The fraction of sp³-hybridized carbons (Fsp3) is 0.917. The van der Waals surface area contributed by atoms with Gasteiger partial charge in [-0.3, -0.25) is 4.79 Å². The summed E-state index contributed by atoms with van der Waals surface area (Å²) in [6.07, 6.45) is -1.72. The highest BCUT2D eigenvalue weighted by molar-refractivity contribution is 5.76. The number of rotatable bonds is 4. The number of halogens is 3. The summed E-state index contributed by atoms with van der Waals surface area (Å²) in [6.45, 7) is 0.444. The van der Waals surface area contributed by atoms with Crippen molar-refractivity contribution in [3.8, 4) is 0 Å². The Kier molecular flexibility index (Phi) is 3.84. The Morgan fingerprint density at radius 3 is 2.39 bits per heavy atom. The maximum absolute atomic E-state index is 13.1. The minimum atomic E-state index is -4.25. The molecule has 2 N–H and O–H groups in total. The van der Waals surface area contributed by atoms with Crippen molar-refractivity contribution in [2.24, 2.45) is 11.3 Å². The first-order valence-electron chi connectivity index (χ1n) is 6.47. The van der Waals surface area contributed by atoms with Crippen LogP contribution in [-0.2, 0) is 4.79 Å². The van der Waals surface area contributed by atoms with Crippen molar-refractivity contribution in [2.75, 3.05) is 19.6 Å². The maximum Gasteiger partial charge on any atom is 0.396 e. The lowest BCUT2D eigenvalue weighted by Crippen LogP contribution is -2.52. The molecule has 2 rings (SSSR count). The van der Waals surface area contributed by atoms with Crippen LogP contribution in [0, 0.1) is 11.3 Å². The third-order valence-electron chi connectivity index (χ3n) is 3.96. The first-order valence-corrected chi connectivity index (χ1v) is 6.47. The van der Waals surface area contributed by atoms with Gasteiger partial charge in [0.05, 0.1) is 5.41 Å². The van der Waals surface area contributed by atoms with Crippen molar-refractivity contribution in [1.82, 2.24) is 10.6 Å². The van der Waals surface area contributed by atoms with Crippen LogP contribution in [0.3, 0.4) is 0 Å². The van der Waals surface area contributed by atoms with Crippen molar-refractivity contribution in [1.29, 1.82) is 0 Å². The summed E-state index contributed by atoms with van der Waals surface area (Å²) < 4.78 is 39.4. The average Bonchev–Trinajstić information content (AvgIpc) is 3.10. The molecule has 0 radical (unpaired) electrons. The van der Waals surface area contributed by atoms with Crippen LogP contribution in [0.4, 0.5) is 13.2 Å². The highest BCUT2D eigenvalue weighted by Gasteiger charge is 2.54. The molecule has 1 heterocycles. The number of alkyl halides is 3. The molecule has 0 aromatic heterocycles. The molecule has 0 spiro atoms. The molecule has 6 heteroatoms. The normalized spacial score (nSPS) is 23.7. The lowest BCUT2D eigenvalue weighted by atomic mass is 9.78. The molecule has 0 unspecified atom stereocenters. The van der Waals surface area contributed by atoms with Gasteiger partial charge in [0, 0.05) is 13.0 Å². The summed E-state index contributed by atoms with van der Waals surface area (Å²) in [5.41, 5.74) is -1.74. The molecule has 1 saturated carbocycles. The quantitative estimate of drug-likeness (QED) is 0.813. The van der Waals surface area contributed by atoms with E-state index in [0.717, 1.165) is 12.8 Å². The third-order valence-corrected chi connectivity index (χ3v) is 3.96. The van der Waals surface area contributed by atoms with Crippen LogP contribution in [0.25, 0.3) is 0 Å². The molecule has 1 saturated heterocycles. The third kappa shape index (κ3) is 3.16. The molecule has 1 amide bonds. The van der Waals surface area contributed by atoms with Gasteiger partial charge in [-0.2, -0.15) is 13.2 Å². The molecule has 104 valence electrons. The van der Waals surface area contributed by atoms with Gasteiger partial charge >= 0.3 is 6.18 Å². The highest BCUT2D eigenvalue weighted by atomic mass is 19.4. The largest absolute Gasteiger partial charge is 0.396 e. The fourth-order valence-electron chi connectivity index (χ4n) is 2.39. The van der Waals surface area contributed by atoms with Crippen LogP contribution in [0.5, 0.6) is 0 Å². The zero-order valence-corrected chi connectivity index (χ0v) is 10.3. The van der Waals surface area contributed by atoms with Gasteiger partial charge in [-0.15, -0.1) is 0 Å². The SMILES string of the molecule is O=C(CC1CC1)NCC1(C(F)(F)F)CCNCC1. The Hall–Kier alpha value is -0.780. The van der Waals surface area contributed by atoms with Crippen molar-refractivity contribution >= 4 is 5.91 Å². The summed E-state index contributed by atoms with van der Waals surface area (Å²) in [6, 6.07) is 0. The molecule has 2 aliphatic rings. The van der Waals surface area contributed by atoms with E-state index >= 15 is 0 Å². The number of carbonyl (C=O) groups is 1. The monoisotopic (exact) mass is 264 g/mol.